The number of amides is 2. The van der Waals surface area contributed by atoms with Gasteiger partial charge in [0.2, 0.25) is 15.9 Å². The molecule has 34 heavy (non-hydrogen) atoms. The van der Waals surface area contributed by atoms with Gasteiger partial charge in [0, 0.05) is 18.9 Å². The number of aromatic nitrogens is 1. The molecule has 0 bridgehead atoms. The van der Waals surface area contributed by atoms with E-state index in [9.17, 15) is 18.0 Å². The van der Waals surface area contributed by atoms with E-state index in [2.05, 4.69) is 4.98 Å². The van der Waals surface area contributed by atoms with Crippen LogP contribution in [0.25, 0.3) is 0 Å². The molecule has 1 aliphatic heterocycles. The summed E-state index contributed by atoms with van der Waals surface area (Å²) < 4.78 is 29.5. The number of anilines is 1. The van der Waals surface area contributed by atoms with Crippen LogP contribution < -0.4 is 4.90 Å². The van der Waals surface area contributed by atoms with Crippen molar-refractivity contribution in [1.82, 2.24) is 9.29 Å². The monoisotopic (exact) mass is 477 g/mol. The standard InChI is InChI=1S/C26H27N3O4S/c1-17-13-18(2)20(4)25(19(17)3)34(32,33)28(16-21-9-8-12-27-15-21)23-14-24(30)29(26(23)31)22-10-6-5-7-11-22/h5-13,15,23H,14,16H2,1-4H3. The molecule has 0 aliphatic carbocycles. The first-order chi connectivity index (χ1) is 16.1. The summed E-state index contributed by atoms with van der Waals surface area (Å²) in [5.74, 6) is -0.982. The van der Waals surface area contributed by atoms with Crippen molar-refractivity contribution in [3.05, 3.63) is 88.7 Å². The van der Waals surface area contributed by atoms with Crippen LogP contribution >= 0.6 is 0 Å². The van der Waals surface area contributed by atoms with Gasteiger partial charge in [-0.1, -0.05) is 30.3 Å². The molecule has 8 heteroatoms. The second-order valence-electron chi connectivity index (χ2n) is 8.62. The minimum atomic E-state index is -4.15. The molecule has 1 unspecified atom stereocenters. The predicted octanol–water partition coefficient (Wildman–Crippen LogP) is 3.84. The van der Waals surface area contributed by atoms with E-state index in [1.165, 1.54) is 4.31 Å². The van der Waals surface area contributed by atoms with Gasteiger partial charge in [0.15, 0.2) is 0 Å². The molecule has 2 aromatic carbocycles. The molecule has 2 heterocycles. The van der Waals surface area contributed by atoms with Gasteiger partial charge < -0.3 is 0 Å². The van der Waals surface area contributed by atoms with Crippen LogP contribution in [0.3, 0.4) is 0 Å². The van der Waals surface area contributed by atoms with E-state index in [4.69, 9.17) is 0 Å². The van der Waals surface area contributed by atoms with Crippen LogP contribution in [0, 0.1) is 27.7 Å². The van der Waals surface area contributed by atoms with E-state index in [0.717, 1.165) is 16.0 Å². The van der Waals surface area contributed by atoms with E-state index in [0.29, 0.717) is 22.4 Å². The van der Waals surface area contributed by atoms with Gasteiger partial charge in [-0.05, 0) is 73.7 Å². The number of carbonyl (C=O) groups is 2. The van der Waals surface area contributed by atoms with Gasteiger partial charge in [-0.3, -0.25) is 14.6 Å². The molecule has 176 valence electrons. The summed E-state index contributed by atoms with van der Waals surface area (Å²) in [4.78, 5) is 31.8. The highest BCUT2D eigenvalue weighted by Gasteiger charge is 2.47. The molecule has 0 spiro atoms. The normalized spacial score (nSPS) is 16.5. The molecule has 2 amide bonds. The van der Waals surface area contributed by atoms with Crippen molar-refractivity contribution in [1.29, 1.82) is 0 Å². The van der Waals surface area contributed by atoms with Crippen molar-refractivity contribution in [2.75, 3.05) is 4.90 Å². The maximum atomic E-state index is 14.2. The first-order valence-electron chi connectivity index (χ1n) is 11.0. The van der Waals surface area contributed by atoms with E-state index in [1.807, 2.05) is 19.9 Å². The van der Waals surface area contributed by atoms with Crippen LogP contribution in [0.4, 0.5) is 5.69 Å². The summed E-state index contributed by atoms with van der Waals surface area (Å²) in [7, 11) is -4.15. The molecule has 1 aliphatic rings. The lowest BCUT2D eigenvalue weighted by Gasteiger charge is -2.29. The largest absolute Gasteiger partial charge is 0.274 e. The fourth-order valence-electron chi connectivity index (χ4n) is 4.41. The number of sulfonamides is 1. The summed E-state index contributed by atoms with van der Waals surface area (Å²) in [6.07, 6.45) is 2.94. The number of nitrogens with zero attached hydrogens (tertiary/aromatic N) is 3. The number of benzene rings is 2. The van der Waals surface area contributed by atoms with Crippen molar-refractivity contribution < 1.29 is 18.0 Å². The number of rotatable bonds is 6. The topological polar surface area (TPSA) is 87.7 Å². The maximum Gasteiger partial charge on any atom is 0.252 e. The molecular weight excluding hydrogens is 450 g/mol. The Hall–Kier alpha value is -3.36. The summed E-state index contributed by atoms with van der Waals surface area (Å²) in [5.41, 5.74) is 4.03. The van der Waals surface area contributed by atoms with Gasteiger partial charge in [0.25, 0.3) is 5.91 Å². The SMILES string of the molecule is Cc1cc(C)c(C)c(S(=O)(=O)N(Cc2cccnc2)C2CC(=O)N(c3ccccc3)C2=O)c1C. The molecule has 3 aromatic rings. The van der Waals surface area contributed by atoms with Crippen LogP contribution in [0.15, 0.2) is 65.8 Å². The zero-order valence-electron chi connectivity index (χ0n) is 19.6. The number of imide groups is 1. The number of aryl methyl sites for hydroxylation is 2. The lowest BCUT2D eigenvalue weighted by atomic mass is 10.0. The third kappa shape index (κ3) is 4.15. The van der Waals surface area contributed by atoms with Gasteiger partial charge in [0.05, 0.1) is 17.0 Å². The molecule has 4 rings (SSSR count). The summed E-state index contributed by atoms with van der Waals surface area (Å²) in [6, 6.07) is 12.8. The molecule has 0 radical (unpaired) electrons. The molecular formula is C26H27N3O4S. The average molecular weight is 478 g/mol. The zero-order valence-corrected chi connectivity index (χ0v) is 20.5. The van der Waals surface area contributed by atoms with Crippen molar-refractivity contribution in [2.45, 2.75) is 51.6 Å². The first kappa shape index (κ1) is 23.8. The Bertz CT molecular complexity index is 1330. The average Bonchev–Trinajstić information content (AvgIpc) is 3.10. The van der Waals surface area contributed by atoms with Gasteiger partial charge in [-0.25, -0.2) is 13.3 Å². The molecule has 0 N–H and O–H groups in total. The van der Waals surface area contributed by atoms with Crippen molar-refractivity contribution in [3.63, 3.8) is 0 Å². The highest BCUT2D eigenvalue weighted by molar-refractivity contribution is 7.89. The van der Waals surface area contributed by atoms with Gasteiger partial charge >= 0.3 is 0 Å². The van der Waals surface area contributed by atoms with Crippen LogP contribution in [-0.2, 0) is 26.2 Å². The Labute approximate surface area is 200 Å². The van der Waals surface area contributed by atoms with Gasteiger partial charge in [-0.15, -0.1) is 0 Å². The summed E-state index contributed by atoms with van der Waals surface area (Å²) in [6.45, 7) is 7.21. The second-order valence-corrected chi connectivity index (χ2v) is 10.5. The number of pyridine rings is 1. The number of hydrogen-bond donors (Lipinski definition) is 0. The van der Waals surface area contributed by atoms with Crippen LogP contribution in [0.5, 0.6) is 0 Å². The van der Waals surface area contributed by atoms with Gasteiger partial charge in [0.1, 0.15) is 6.04 Å². The number of carbonyl (C=O) groups excluding carboxylic acids is 2. The van der Waals surface area contributed by atoms with E-state index >= 15 is 0 Å². The van der Waals surface area contributed by atoms with Crippen LogP contribution in [-0.4, -0.2) is 35.6 Å². The molecule has 1 atom stereocenters. The Morgan fingerprint density at radius 2 is 1.62 bits per heavy atom. The van der Waals surface area contributed by atoms with Crippen molar-refractivity contribution in [2.24, 2.45) is 0 Å². The van der Waals surface area contributed by atoms with E-state index in [-0.39, 0.29) is 17.9 Å². The van der Waals surface area contributed by atoms with Crippen LogP contribution in [0.1, 0.15) is 34.2 Å². The Kier molecular flexibility index (Phi) is 6.38. The number of hydrogen-bond acceptors (Lipinski definition) is 5. The fourth-order valence-corrected chi connectivity index (χ4v) is 6.56. The molecule has 0 saturated carbocycles. The smallest absolute Gasteiger partial charge is 0.252 e. The summed E-state index contributed by atoms with van der Waals surface area (Å²) >= 11 is 0. The third-order valence-corrected chi connectivity index (χ3v) is 8.54. The van der Waals surface area contributed by atoms with Crippen LogP contribution in [0.2, 0.25) is 0 Å². The van der Waals surface area contributed by atoms with Crippen molar-refractivity contribution in [3.8, 4) is 0 Å². The van der Waals surface area contributed by atoms with E-state index in [1.54, 1.807) is 68.7 Å². The molecule has 1 fully saturated rings. The Morgan fingerprint density at radius 3 is 2.21 bits per heavy atom. The van der Waals surface area contributed by atoms with Gasteiger partial charge in [-0.2, -0.15) is 4.31 Å². The third-order valence-electron chi connectivity index (χ3n) is 6.41. The summed E-state index contributed by atoms with van der Waals surface area (Å²) in [5, 5.41) is 0. The van der Waals surface area contributed by atoms with Crippen molar-refractivity contribution >= 4 is 27.5 Å². The molecule has 1 aromatic heterocycles. The minimum absolute atomic E-state index is 0.0750. The minimum Gasteiger partial charge on any atom is -0.274 e. The first-order valence-corrected chi connectivity index (χ1v) is 12.5. The quantitative estimate of drug-likeness (QED) is 0.504. The molecule has 7 nitrogen and oxygen atoms in total. The second kappa shape index (κ2) is 9.12. The van der Waals surface area contributed by atoms with E-state index < -0.39 is 27.9 Å². The number of para-hydroxylation sites is 1. The molecule has 1 saturated heterocycles. The zero-order chi connectivity index (χ0) is 24.6. The Balaban J connectivity index is 1.85. The lowest BCUT2D eigenvalue weighted by molar-refractivity contribution is -0.122. The predicted molar refractivity (Wildman–Crippen MR) is 130 cm³/mol. The fraction of sp³-hybridized carbons (Fsp3) is 0.269. The maximum absolute atomic E-state index is 14.2. The lowest BCUT2D eigenvalue weighted by Crippen LogP contribution is -2.45. The highest BCUT2D eigenvalue weighted by Crippen LogP contribution is 2.34. The highest BCUT2D eigenvalue weighted by atomic mass is 32.2. The Morgan fingerprint density at radius 1 is 0.971 bits per heavy atom.